The highest BCUT2D eigenvalue weighted by atomic mass is 35.5. The van der Waals surface area contributed by atoms with E-state index < -0.39 is 11.7 Å². The average Bonchev–Trinajstić information content (AvgIpc) is 3.17. The molecule has 8 heteroatoms. The number of unbranched alkanes of at least 4 members (excludes halogenated alkanes) is 1. The van der Waals surface area contributed by atoms with Crippen LogP contribution in [0.2, 0.25) is 0 Å². The van der Waals surface area contributed by atoms with Gasteiger partial charge in [0.15, 0.2) is 5.06 Å². The van der Waals surface area contributed by atoms with E-state index in [0.29, 0.717) is 23.8 Å². The smallest absolute Gasteiger partial charge is 0.308 e. The summed E-state index contributed by atoms with van der Waals surface area (Å²) in [6, 6.07) is 7.94. The average molecular weight is 494 g/mol. The number of carbonyl (C=O) groups excluding carboxylic acids is 3. The first-order chi connectivity index (χ1) is 15.9. The maximum Gasteiger partial charge on any atom is 0.308 e. The van der Waals surface area contributed by atoms with Crippen molar-refractivity contribution in [3.05, 3.63) is 52.2 Å². The summed E-state index contributed by atoms with van der Waals surface area (Å²) in [6.07, 6.45) is 3.22. The molecule has 3 rings (SSSR count). The minimum atomic E-state index is -1.06. The van der Waals surface area contributed by atoms with Crippen LogP contribution in [0.3, 0.4) is 0 Å². The Kier molecular flexibility index (Phi) is 9.59. The zero-order chi connectivity index (χ0) is 23.8. The number of Topliss-reactive ketones (excluding diaryl/α,β-unsaturated/α-hetero) is 2. The molecule has 0 N–H and O–H groups in total. The molecule has 0 bridgehead atoms. The molecule has 0 spiro atoms. The maximum atomic E-state index is 14.3. The minimum Gasteiger partial charge on any atom is -0.416 e. The number of hydrogen-bond donors (Lipinski definition) is 0. The number of halogens is 2. The van der Waals surface area contributed by atoms with Crippen LogP contribution in [0.4, 0.5) is 4.39 Å². The molecule has 0 aliphatic carbocycles. The number of thiophene rings is 1. The molecule has 0 saturated heterocycles. The number of carbonyl (C=O) groups is 3. The van der Waals surface area contributed by atoms with E-state index in [1.807, 2.05) is 6.07 Å². The quantitative estimate of drug-likeness (QED) is 0.174. The van der Waals surface area contributed by atoms with Gasteiger partial charge in [-0.05, 0) is 49.9 Å². The SMILES string of the molecule is CC(=O)Oc1cc2c(s1)CCN(CCCCC(=O)C(C(=O)CCCCl)c1ccccc1F)C2. The number of fused-ring (bicyclic) bond motifs is 1. The predicted molar refractivity (Wildman–Crippen MR) is 128 cm³/mol. The Balaban J connectivity index is 1.52. The largest absolute Gasteiger partial charge is 0.416 e. The van der Waals surface area contributed by atoms with E-state index in [1.54, 1.807) is 12.1 Å². The number of ketones is 2. The van der Waals surface area contributed by atoms with Crippen molar-refractivity contribution in [3.63, 3.8) is 0 Å². The number of hydrogen-bond acceptors (Lipinski definition) is 6. The van der Waals surface area contributed by atoms with Crippen molar-refractivity contribution in [2.45, 2.75) is 57.9 Å². The predicted octanol–water partition coefficient (Wildman–Crippen LogP) is 5.28. The number of alkyl halides is 1. The Morgan fingerprint density at radius 3 is 2.58 bits per heavy atom. The second-order valence-corrected chi connectivity index (χ2v) is 9.75. The molecule has 2 heterocycles. The lowest BCUT2D eigenvalue weighted by molar-refractivity contribution is -0.132. The first-order valence-electron chi connectivity index (χ1n) is 11.3. The highest BCUT2D eigenvalue weighted by molar-refractivity contribution is 7.14. The number of esters is 1. The van der Waals surface area contributed by atoms with Gasteiger partial charge < -0.3 is 4.74 Å². The zero-order valence-corrected chi connectivity index (χ0v) is 20.4. The van der Waals surface area contributed by atoms with Crippen LogP contribution in [0.25, 0.3) is 0 Å². The normalized spacial score (nSPS) is 14.5. The maximum absolute atomic E-state index is 14.3. The topological polar surface area (TPSA) is 63.7 Å². The van der Waals surface area contributed by atoms with Gasteiger partial charge in [0.05, 0.1) is 0 Å². The lowest BCUT2D eigenvalue weighted by atomic mass is 9.86. The third kappa shape index (κ3) is 7.19. The zero-order valence-electron chi connectivity index (χ0n) is 18.8. The Morgan fingerprint density at radius 2 is 1.88 bits per heavy atom. The molecule has 1 unspecified atom stereocenters. The molecule has 33 heavy (non-hydrogen) atoms. The van der Waals surface area contributed by atoms with E-state index >= 15 is 0 Å². The first-order valence-corrected chi connectivity index (χ1v) is 12.6. The summed E-state index contributed by atoms with van der Waals surface area (Å²) in [4.78, 5) is 40.3. The van der Waals surface area contributed by atoms with Gasteiger partial charge >= 0.3 is 5.97 Å². The van der Waals surface area contributed by atoms with Crippen molar-refractivity contribution in [1.82, 2.24) is 4.90 Å². The van der Waals surface area contributed by atoms with Crippen LogP contribution in [0.5, 0.6) is 5.06 Å². The Morgan fingerprint density at radius 1 is 1.15 bits per heavy atom. The lowest BCUT2D eigenvalue weighted by Gasteiger charge is -2.26. The molecule has 0 radical (unpaired) electrons. The molecule has 1 aromatic heterocycles. The van der Waals surface area contributed by atoms with E-state index in [9.17, 15) is 18.8 Å². The summed E-state index contributed by atoms with van der Waals surface area (Å²) in [5, 5.41) is 0.637. The van der Waals surface area contributed by atoms with Gasteiger partial charge in [-0.2, -0.15) is 0 Å². The highest BCUT2D eigenvalue weighted by Gasteiger charge is 2.29. The summed E-state index contributed by atoms with van der Waals surface area (Å²) >= 11 is 7.22. The van der Waals surface area contributed by atoms with Crippen LogP contribution in [0.15, 0.2) is 30.3 Å². The summed E-state index contributed by atoms with van der Waals surface area (Å²) < 4.78 is 19.5. The molecule has 0 amide bonds. The molecule has 178 valence electrons. The molecule has 1 aliphatic rings. The standard InChI is InChI=1S/C25H29ClFNO4S/c1-17(29)32-24-15-18-16-28(14-11-23(18)33-24)13-5-4-9-21(30)25(22(31)10-6-12-26)19-7-2-3-8-20(19)27/h2-3,7-8,15,25H,4-6,9-14,16H2,1H3. The third-order valence-electron chi connectivity index (χ3n) is 5.73. The molecular formula is C25H29ClFNO4S. The van der Waals surface area contributed by atoms with E-state index in [-0.39, 0.29) is 35.9 Å². The minimum absolute atomic E-state index is 0.159. The van der Waals surface area contributed by atoms with Crippen LogP contribution >= 0.6 is 22.9 Å². The van der Waals surface area contributed by atoms with Gasteiger partial charge in [0.2, 0.25) is 0 Å². The van der Waals surface area contributed by atoms with E-state index in [2.05, 4.69) is 4.90 Å². The van der Waals surface area contributed by atoms with E-state index in [1.165, 1.54) is 40.8 Å². The van der Waals surface area contributed by atoms with Crippen molar-refractivity contribution in [1.29, 1.82) is 0 Å². The molecular weight excluding hydrogens is 465 g/mol. The Bertz CT molecular complexity index is 993. The third-order valence-corrected chi connectivity index (χ3v) is 7.11. The molecule has 1 aliphatic heterocycles. The molecule has 1 aromatic carbocycles. The first kappa shape index (κ1) is 25.5. The van der Waals surface area contributed by atoms with Gasteiger partial charge in [0.1, 0.15) is 23.3 Å². The second-order valence-electron chi connectivity index (χ2n) is 8.27. The molecule has 5 nitrogen and oxygen atoms in total. The summed E-state index contributed by atoms with van der Waals surface area (Å²) in [6.45, 7) is 3.93. The fourth-order valence-corrected chi connectivity index (χ4v) is 5.33. The van der Waals surface area contributed by atoms with Crippen LogP contribution < -0.4 is 4.74 Å². The van der Waals surface area contributed by atoms with Gasteiger partial charge in [0, 0.05) is 49.2 Å². The fraction of sp³-hybridized carbons (Fsp3) is 0.480. The van der Waals surface area contributed by atoms with Crippen molar-refractivity contribution in [2.24, 2.45) is 0 Å². The van der Waals surface area contributed by atoms with Crippen LogP contribution in [0.1, 0.15) is 60.9 Å². The summed E-state index contributed by atoms with van der Waals surface area (Å²) in [5.41, 5.74) is 1.34. The molecule has 2 aromatic rings. The van der Waals surface area contributed by atoms with Gasteiger partial charge in [-0.3, -0.25) is 19.3 Å². The van der Waals surface area contributed by atoms with Gasteiger partial charge in [-0.15, -0.1) is 22.9 Å². The number of benzene rings is 1. The van der Waals surface area contributed by atoms with E-state index in [4.69, 9.17) is 16.3 Å². The second kappa shape index (κ2) is 12.4. The molecule has 0 fully saturated rings. The number of rotatable bonds is 12. The van der Waals surface area contributed by atoms with Crippen LogP contribution in [-0.2, 0) is 27.3 Å². The summed E-state index contributed by atoms with van der Waals surface area (Å²) in [5.74, 6) is -2.07. The van der Waals surface area contributed by atoms with Crippen LogP contribution in [0, 0.1) is 5.82 Å². The molecule has 1 atom stereocenters. The Hall–Kier alpha value is -2.09. The van der Waals surface area contributed by atoms with Gasteiger partial charge in [-0.1, -0.05) is 18.2 Å². The monoisotopic (exact) mass is 493 g/mol. The van der Waals surface area contributed by atoms with Crippen molar-refractivity contribution < 1.29 is 23.5 Å². The van der Waals surface area contributed by atoms with Gasteiger partial charge in [-0.25, -0.2) is 4.39 Å². The lowest BCUT2D eigenvalue weighted by Crippen LogP contribution is -2.30. The van der Waals surface area contributed by atoms with Crippen LogP contribution in [-0.4, -0.2) is 41.4 Å². The van der Waals surface area contributed by atoms with E-state index in [0.717, 1.165) is 32.5 Å². The van der Waals surface area contributed by atoms with Crippen molar-refractivity contribution in [3.8, 4) is 5.06 Å². The fourth-order valence-electron chi connectivity index (χ4n) is 4.15. The number of ether oxygens (including phenoxy) is 1. The Labute approximate surface area is 202 Å². The molecule has 0 saturated carbocycles. The van der Waals surface area contributed by atoms with Gasteiger partial charge in [0.25, 0.3) is 0 Å². The summed E-state index contributed by atoms with van der Waals surface area (Å²) in [7, 11) is 0. The van der Waals surface area contributed by atoms with Crippen molar-refractivity contribution in [2.75, 3.05) is 19.0 Å². The highest BCUT2D eigenvalue weighted by Crippen LogP contribution is 2.33. The van der Waals surface area contributed by atoms with Crippen molar-refractivity contribution >= 4 is 40.5 Å². The number of nitrogens with zero attached hydrogens (tertiary/aromatic N) is 1.